The maximum atomic E-state index is 10.8. The molecule has 0 aromatic carbocycles. The van der Waals surface area contributed by atoms with E-state index in [1.165, 1.54) is 56.7 Å². The van der Waals surface area contributed by atoms with Crippen LogP contribution in [0.4, 0.5) is 0 Å². The summed E-state index contributed by atoms with van der Waals surface area (Å²) in [4.78, 5) is 42.4. The average Bonchev–Trinajstić information content (AvgIpc) is 2.62. The van der Waals surface area contributed by atoms with Gasteiger partial charge in [0.25, 0.3) is 0 Å². The second-order valence-corrected chi connectivity index (χ2v) is 9.99. The Hall–Kier alpha value is -0.720. The van der Waals surface area contributed by atoms with Gasteiger partial charge in [-0.2, -0.15) is 0 Å². The largest absolute Gasteiger partial charge is 0.480 e. The summed E-state index contributed by atoms with van der Waals surface area (Å²) in [5.41, 5.74) is 0. The zero-order valence-electron chi connectivity index (χ0n) is 17.0. The van der Waals surface area contributed by atoms with Crippen LogP contribution in [0.15, 0.2) is 0 Å². The fraction of sp³-hybridized carbons (Fsp3) is 0.765. The second-order valence-electron chi connectivity index (χ2n) is 6.00. The van der Waals surface area contributed by atoms with Gasteiger partial charge >= 0.3 is 11.9 Å². The minimum Gasteiger partial charge on any atom is -0.480 e. The van der Waals surface area contributed by atoms with Gasteiger partial charge in [0.15, 0.2) is 0 Å². The molecule has 29 heavy (non-hydrogen) atoms. The standard InChI is InChI=1S/C12H23NO3S2.C5H9NO3S2/c1-3-4-5-6-7-8-17-18-9-11(12(15)16)13-10(2)14;1-3(7)6-4(2-11-10)5(8)9/h11H,3-9H2,1-2H3,(H,13,14)(H,15,16);4,10H,2H2,1H3,(H,6,7)(H,8,9). The van der Waals surface area contributed by atoms with E-state index in [1.54, 1.807) is 10.8 Å². The molecule has 0 aromatic heterocycles. The van der Waals surface area contributed by atoms with Crippen LogP contribution in [0.5, 0.6) is 0 Å². The van der Waals surface area contributed by atoms with Gasteiger partial charge in [0, 0.05) is 31.1 Å². The van der Waals surface area contributed by atoms with E-state index in [0.717, 1.165) is 16.5 Å². The first-order valence-electron chi connectivity index (χ1n) is 9.16. The molecule has 0 saturated heterocycles. The highest BCUT2D eigenvalue weighted by Gasteiger charge is 2.18. The molecule has 8 nitrogen and oxygen atoms in total. The van der Waals surface area contributed by atoms with Crippen molar-refractivity contribution >= 4 is 67.8 Å². The third kappa shape index (κ3) is 21.8. The van der Waals surface area contributed by atoms with E-state index in [4.69, 9.17) is 10.2 Å². The molecule has 2 unspecified atom stereocenters. The summed E-state index contributed by atoms with van der Waals surface area (Å²) in [6.07, 6.45) is 6.25. The number of aliphatic carboxylic acids is 2. The van der Waals surface area contributed by atoms with Gasteiger partial charge in [0.05, 0.1) is 0 Å². The Bertz CT molecular complexity index is 497. The molecule has 0 fully saturated rings. The summed E-state index contributed by atoms with van der Waals surface area (Å²) in [5.74, 6) is -0.941. The number of nitrogens with one attached hydrogen (secondary N) is 2. The van der Waals surface area contributed by atoms with Crippen molar-refractivity contribution in [3.63, 3.8) is 0 Å². The van der Waals surface area contributed by atoms with Crippen LogP contribution in [-0.2, 0) is 19.2 Å². The van der Waals surface area contributed by atoms with Crippen molar-refractivity contribution in [2.45, 2.75) is 65.0 Å². The predicted molar refractivity (Wildman–Crippen MR) is 126 cm³/mol. The van der Waals surface area contributed by atoms with Crippen LogP contribution in [0.1, 0.15) is 52.9 Å². The number of hydrogen-bond donors (Lipinski definition) is 5. The van der Waals surface area contributed by atoms with E-state index in [0.29, 0.717) is 5.75 Å². The lowest BCUT2D eigenvalue weighted by atomic mass is 10.2. The zero-order valence-corrected chi connectivity index (χ0v) is 20.4. The molecule has 0 bridgehead atoms. The Kier molecular flexibility index (Phi) is 21.6. The van der Waals surface area contributed by atoms with E-state index in [-0.39, 0.29) is 17.6 Å². The first kappa shape index (κ1) is 30.5. The fourth-order valence-corrected chi connectivity index (χ4v) is 4.98. The Morgan fingerprint density at radius 2 is 1.31 bits per heavy atom. The zero-order chi connectivity index (χ0) is 22.7. The molecule has 12 heteroatoms. The highest BCUT2D eigenvalue weighted by Crippen LogP contribution is 2.23. The van der Waals surface area contributed by atoms with Crippen molar-refractivity contribution in [1.82, 2.24) is 10.6 Å². The molecule has 0 spiro atoms. The Morgan fingerprint density at radius 1 is 0.828 bits per heavy atom. The summed E-state index contributed by atoms with van der Waals surface area (Å²) in [7, 11) is 4.28. The van der Waals surface area contributed by atoms with Gasteiger partial charge < -0.3 is 20.8 Å². The van der Waals surface area contributed by atoms with Gasteiger partial charge in [0.2, 0.25) is 11.8 Å². The predicted octanol–water partition coefficient (Wildman–Crippen LogP) is 3.08. The SMILES string of the molecule is CC(=O)NC(CSS)C(=O)O.CCCCCCCSSCC(NC(C)=O)C(=O)O. The van der Waals surface area contributed by atoms with Gasteiger partial charge in [0.1, 0.15) is 12.1 Å². The second kappa shape index (κ2) is 20.5. The number of rotatable bonds is 15. The molecule has 0 heterocycles. The number of carboxylic acids is 2. The molecular formula is C17H32N2O6S4. The molecule has 2 atom stereocenters. The van der Waals surface area contributed by atoms with Crippen LogP contribution in [-0.4, -0.2) is 63.3 Å². The quantitative estimate of drug-likeness (QED) is 0.134. The van der Waals surface area contributed by atoms with Gasteiger partial charge in [-0.3, -0.25) is 9.59 Å². The normalized spacial score (nSPS) is 12.1. The summed E-state index contributed by atoms with van der Waals surface area (Å²) >= 11 is 3.78. The van der Waals surface area contributed by atoms with Crippen molar-refractivity contribution in [3.8, 4) is 0 Å². The summed E-state index contributed by atoms with van der Waals surface area (Å²) in [6.45, 7) is 4.80. The summed E-state index contributed by atoms with van der Waals surface area (Å²) < 4.78 is 0. The first-order chi connectivity index (χ1) is 13.6. The summed E-state index contributed by atoms with van der Waals surface area (Å²) in [5, 5.41) is 22.1. The first-order valence-corrected chi connectivity index (χ1v) is 13.7. The molecule has 0 aromatic rings. The summed E-state index contributed by atoms with van der Waals surface area (Å²) in [6, 6.07) is -1.62. The number of carbonyl (C=O) groups excluding carboxylic acids is 2. The molecule has 0 rings (SSSR count). The average molecular weight is 489 g/mol. The molecule has 170 valence electrons. The van der Waals surface area contributed by atoms with Crippen LogP contribution in [0.25, 0.3) is 0 Å². The Labute approximate surface area is 189 Å². The van der Waals surface area contributed by atoms with Crippen molar-refractivity contribution in [3.05, 3.63) is 0 Å². The van der Waals surface area contributed by atoms with Crippen LogP contribution >= 0.6 is 44.0 Å². The topological polar surface area (TPSA) is 133 Å². The maximum Gasteiger partial charge on any atom is 0.327 e. The lowest BCUT2D eigenvalue weighted by Gasteiger charge is -2.12. The molecular weight excluding hydrogens is 456 g/mol. The molecule has 0 aliphatic carbocycles. The highest BCUT2D eigenvalue weighted by molar-refractivity contribution is 8.76. The Balaban J connectivity index is 0. The molecule has 2 amide bonds. The fourth-order valence-electron chi connectivity index (χ4n) is 1.85. The number of hydrogen-bond acceptors (Lipinski definition) is 8. The van der Waals surface area contributed by atoms with Gasteiger partial charge in [-0.25, -0.2) is 9.59 Å². The van der Waals surface area contributed by atoms with E-state index < -0.39 is 24.0 Å². The van der Waals surface area contributed by atoms with E-state index in [9.17, 15) is 19.2 Å². The molecule has 0 saturated carbocycles. The number of thiol groups is 1. The van der Waals surface area contributed by atoms with Crippen LogP contribution in [0, 0.1) is 0 Å². The number of carboxylic acid groups (broad SMARTS) is 2. The highest BCUT2D eigenvalue weighted by atomic mass is 33.1. The van der Waals surface area contributed by atoms with Crippen molar-refractivity contribution < 1.29 is 29.4 Å². The lowest BCUT2D eigenvalue weighted by Crippen LogP contribution is -2.41. The van der Waals surface area contributed by atoms with Crippen LogP contribution in [0.2, 0.25) is 0 Å². The molecule has 0 radical (unpaired) electrons. The van der Waals surface area contributed by atoms with Gasteiger partial charge in [-0.1, -0.05) is 65.0 Å². The van der Waals surface area contributed by atoms with Gasteiger partial charge in [-0.15, -0.1) is 11.7 Å². The lowest BCUT2D eigenvalue weighted by molar-refractivity contribution is -0.141. The molecule has 4 N–H and O–H groups in total. The van der Waals surface area contributed by atoms with E-state index in [2.05, 4.69) is 29.2 Å². The third-order valence-corrected chi connectivity index (χ3v) is 6.67. The third-order valence-electron chi connectivity index (χ3n) is 3.24. The van der Waals surface area contributed by atoms with Crippen molar-refractivity contribution in [2.75, 3.05) is 17.3 Å². The van der Waals surface area contributed by atoms with E-state index >= 15 is 0 Å². The Morgan fingerprint density at radius 3 is 1.72 bits per heavy atom. The van der Waals surface area contributed by atoms with Crippen LogP contribution < -0.4 is 10.6 Å². The monoisotopic (exact) mass is 488 g/mol. The van der Waals surface area contributed by atoms with Crippen molar-refractivity contribution in [1.29, 1.82) is 0 Å². The number of unbranched alkanes of at least 4 members (excludes halogenated alkanes) is 4. The van der Waals surface area contributed by atoms with Crippen molar-refractivity contribution in [2.24, 2.45) is 0 Å². The van der Waals surface area contributed by atoms with Crippen LogP contribution in [0.3, 0.4) is 0 Å². The minimum absolute atomic E-state index is 0.262. The molecule has 0 aliphatic heterocycles. The number of amides is 2. The minimum atomic E-state index is -1.04. The van der Waals surface area contributed by atoms with Gasteiger partial charge in [-0.05, 0) is 6.42 Å². The maximum absolute atomic E-state index is 10.8. The molecule has 0 aliphatic rings. The smallest absolute Gasteiger partial charge is 0.327 e. The van der Waals surface area contributed by atoms with E-state index in [1.807, 2.05) is 0 Å². The number of carbonyl (C=O) groups is 4.